The lowest BCUT2D eigenvalue weighted by Crippen LogP contribution is -2.33. The summed E-state index contributed by atoms with van der Waals surface area (Å²) in [5, 5.41) is 2.27. The fraction of sp³-hybridized carbons (Fsp3) is 0.750. The number of rotatable bonds is 3. The minimum absolute atomic E-state index is 0.0149. The van der Waals surface area contributed by atoms with Crippen LogP contribution in [0.5, 0.6) is 0 Å². The molecular formula is C8H15NO2. The number of amides is 2. The van der Waals surface area contributed by atoms with Crippen molar-refractivity contribution >= 4 is 11.8 Å². The second kappa shape index (κ2) is 4.88. The van der Waals surface area contributed by atoms with E-state index in [0.29, 0.717) is 0 Å². The van der Waals surface area contributed by atoms with Gasteiger partial charge in [-0.2, -0.15) is 0 Å². The molecule has 0 saturated heterocycles. The number of hydrogen-bond donors (Lipinski definition) is 1. The van der Waals surface area contributed by atoms with Gasteiger partial charge >= 0.3 is 0 Å². The number of carbonyl (C=O) groups excluding carboxylic acids is 2. The van der Waals surface area contributed by atoms with Crippen molar-refractivity contribution in [1.29, 1.82) is 0 Å². The van der Waals surface area contributed by atoms with E-state index < -0.39 is 0 Å². The van der Waals surface area contributed by atoms with E-state index >= 15 is 0 Å². The second-order valence-electron chi connectivity index (χ2n) is 2.56. The van der Waals surface area contributed by atoms with Gasteiger partial charge in [-0.05, 0) is 12.8 Å². The van der Waals surface area contributed by atoms with Gasteiger partial charge in [0, 0.05) is 12.8 Å². The summed E-state index contributed by atoms with van der Waals surface area (Å²) in [6.07, 6.45) is 1.57. The molecule has 0 aliphatic heterocycles. The minimum atomic E-state index is -0.276. The molecule has 0 fully saturated rings. The van der Waals surface area contributed by atoms with Crippen LogP contribution in [-0.2, 0) is 9.59 Å². The van der Waals surface area contributed by atoms with Crippen molar-refractivity contribution in [3.05, 3.63) is 0 Å². The van der Waals surface area contributed by atoms with Crippen LogP contribution in [0.1, 0.15) is 33.6 Å². The minimum Gasteiger partial charge on any atom is -0.296 e. The predicted octanol–water partition coefficient (Wildman–Crippen LogP) is 1.09. The van der Waals surface area contributed by atoms with Crippen LogP contribution in [0.25, 0.3) is 0 Å². The van der Waals surface area contributed by atoms with Crippen molar-refractivity contribution in [2.24, 2.45) is 5.92 Å². The first-order valence-electron chi connectivity index (χ1n) is 3.93. The maximum absolute atomic E-state index is 11.1. The molecule has 3 nitrogen and oxygen atoms in total. The third kappa shape index (κ3) is 3.75. The van der Waals surface area contributed by atoms with Gasteiger partial charge in [-0.1, -0.05) is 13.8 Å². The van der Waals surface area contributed by atoms with Crippen LogP contribution in [0.2, 0.25) is 0 Å². The van der Waals surface area contributed by atoms with E-state index in [9.17, 15) is 9.59 Å². The third-order valence-electron chi connectivity index (χ3n) is 1.66. The average molecular weight is 157 g/mol. The van der Waals surface area contributed by atoms with E-state index in [4.69, 9.17) is 0 Å². The van der Waals surface area contributed by atoms with E-state index in [1.54, 1.807) is 0 Å². The van der Waals surface area contributed by atoms with Crippen LogP contribution in [0, 0.1) is 5.92 Å². The summed E-state index contributed by atoms with van der Waals surface area (Å²) in [5.41, 5.74) is 0. The Balaban J connectivity index is 3.89. The van der Waals surface area contributed by atoms with Crippen molar-refractivity contribution in [2.75, 3.05) is 0 Å². The maximum Gasteiger partial charge on any atom is 0.229 e. The number of hydrogen-bond acceptors (Lipinski definition) is 2. The molecule has 0 aliphatic rings. The van der Waals surface area contributed by atoms with Gasteiger partial charge in [-0.25, -0.2) is 0 Å². The summed E-state index contributed by atoms with van der Waals surface area (Å²) in [7, 11) is 0. The van der Waals surface area contributed by atoms with Crippen molar-refractivity contribution < 1.29 is 9.59 Å². The lowest BCUT2D eigenvalue weighted by atomic mass is 10.0. The van der Waals surface area contributed by atoms with E-state index in [0.717, 1.165) is 12.8 Å². The number of nitrogens with one attached hydrogen (secondary N) is 1. The topological polar surface area (TPSA) is 46.2 Å². The molecule has 0 heterocycles. The van der Waals surface area contributed by atoms with Gasteiger partial charge in [-0.15, -0.1) is 0 Å². The fourth-order valence-corrected chi connectivity index (χ4v) is 0.935. The van der Waals surface area contributed by atoms with Crippen LogP contribution in [-0.4, -0.2) is 11.8 Å². The van der Waals surface area contributed by atoms with Crippen molar-refractivity contribution in [3.8, 4) is 0 Å². The zero-order valence-electron chi connectivity index (χ0n) is 7.31. The molecule has 0 aromatic carbocycles. The fourth-order valence-electron chi connectivity index (χ4n) is 0.935. The molecule has 0 aliphatic carbocycles. The summed E-state index contributed by atoms with van der Waals surface area (Å²) in [6.45, 7) is 5.22. The highest BCUT2D eigenvalue weighted by atomic mass is 16.2. The molecule has 0 bridgehead atoms. The molecule has 64 valence electrons. The Morgan fingerprint density at radius 3 is 2.00 bits per heavy atom. The first-order valence-corrected chi connectivity index (χ1v) is 3.93. The zero-order chi connectivity index (χ0) is 8.85. The van der Waals surface area contributed by atoms with Gasteiger partial charge in [0.15, 0.2) is 0 Å². The van der Waals surface area contributed by atoms with Crippen LogP contribution < -0.4 is 5.32 Å². The van der Waals surface area contributed by atoms with Crippen LogP contribution in [0.4, 0.5) is 0 Å². The van der Waals surface area contributed by atoms with Gasteiger partial charge in [0.25, 0.3) is 0 Å². The molecule has 0 rings (SSSR count). The summed E-state index contributed by atoms with van der Waals surface area (Å²) in [5.74, 6) is -0.441. The second-order valence-corrected chi connectivity index (χ2v) is 2.56. The lowest BCUT2D eigenvalue weighted by molar-refractivity contribution is -0.131. The molecule has 0 aromatic rings. The zero-order valence-corrected chi connectivity index (χ0v) is 7.31. The Labute approximate surface area is 67.2 Å². The molecule has 11 heavy (non-hydrogen) atoms. The normalized spacial score (nSPS) is 9.82. The monoisotopic (exact) mass is 157 g/mol. The van der Waals surface area contributed by atoms with Gasteiger partial charge < -0.3 is 0 Å². The summed E-state index contributed by atoms with van der Waals surface area (Å²) in [4.78, 5) is 21.5. The summed E-state index contributed by atoms with van der Waals surface area (Å²) >= 11 is 0. The highest BCUT2D eigenvalue weighted by Crippen LogP contribution is 2.06. The Bertz CT molecular complexity index is 150. The molecule has 3 heteroatoms. The van der Waals surface area contributed by atoms with Gasteiger partial charge in [0.1, 0.15) is 0 Å². The molecule has 0 spiro atoms. The summed E-state index contributed by atoms with van der Waals surface area (Å²) in [6, 6.07) is 0. The predicted molar refractivity (Wildman–Crippen MR) is 42.9 cm³/mol. The highest BCUT2D eigenvalue weighted by molar-refractivity contribution is 5.95. The van der Waals surface area contributed by atoms with Crippen molar-refractivity contribution in [1.82, 2.24) is 5.32 Å². The first kappa shape index (κ1) is 10.1. The van der Waals surface area contributed by atoms with Crippen molar-refractivity contribution in [3.63, 3.8) is 0 Å². The largest absolute Gasteiger partial charge is 0.296 e. The Kier molecular flexibility index (Phi) is 4.50. The van der Waals surface area contributed by atoms with Gasteiger partial charge in [-0.3, -0.25) is 14.9 Å². The molecule has 0 aromatic heterocycles. The van der Waals surface area contributed by atoms with Crippen LogP contribution >= 0.6 is 0 Å². The number of imide groups is 1. The van der Waals surface area contributed by atoms with Gasteiger partial charge in [0.05, 0.1) is 0 Å². The first-order chi connectivity index (χ1) is 5.11. The SMILES string of the molecule is CCC(CC)C(=O)NC(C)=O. The molecule has 2 amide bonds. The Morgan fingerprint density at radius 2 is 1.73 bits per heavy atom. The Morgan fingerprint density at radius 1 is 1.27 bits per heavy atom. The molecular weight excluding hydrogens is 142 g/mol. The van der Waals surface area contributed by atoms with Crippen LogP contribution in [0.15, 0.2) is 0 Å². The molecule has 0 saturated carbocycles. The molecule has 0 radical (unpaired) electrons. The quantitative estimate of drug-likeness (QED) is 0.666. The number of carbonyl (C=O) groups is 2. The average Bonchev–Trinajstić information content (AvgIpc) is 1.88. The van der Waals surface area contributed by atoms with E-state index in [2.05, 4.69) is 5.32 Å². The van der Waals surface area contributed by atoms with Gasteiger partial charge in [0.2, 0.25) is 11.8 Å². The standard InChI is InChI=1S/C8H15NO2/c1-4-7(5-2)8(11)9-6(3)10/h7H,4-5H2,1-3H3,(H,9,10,11). The highest BCUT2D eigenvalue weighted by Gasteiger charge is 2.14. The lowest BCUT2D eigenvalue weighted by Gasteiger charge is -2.09. The third-order valence-corrected chi connectivity index (χ3v) is 1.66. The van der Waals surface area contributed by atoms with Crippen molar-refractivity contribution in [2.45, 2.75) is 33.6 Å². The van der Waals surface area contributed by atoms with E-state index in [1.165, 1.54) is 6.92 Å². The molecule has 0 unspecified atom stereocenters. The Hall–Kier alpha value is -0.860. The van der Waals surface area contributed by atoms with E-state index in [-0.39, 0.29) is 17.7 Å². The van der Waals surface area contributed by atoms with Crippen LogP contribution in [0.3, 0.4) is 0 Å². The summed E-state index contributed by atoms with van der Waals surface area (Å²) < 4.78 is 0. The molecule has 1 N–H and O–H groups in total. The maximum atomic E-state index is 11.1. The smallest absolute Gasteiger partial charge is 0.229 e. The molecule has 0 atom stereocenters. The van der Waals surface area contributed by atoms with E-state index in [1.807, 2.05) is 13.8 Å².